The molecule has 2 aromatic heterocycles. The maximum absolute atomic E-state index is 12.8. The SMILES string of the molecule is Cc1ccc(S(=O)(=O)c2n[nH]n3c2nc(=O)c2ccccc23)cc1. The largest absolute Gasteiger partial charge is 0.281 e. The van der Waals surface area contributed by atoms with E-state index in [2.05, 4.69) is 15.3 Å². The number of aromatic amines is 1. The first kappa shape index (κ1) is 14.6. The smallest absolute Gasteiger partial charge is 0.267 e. The van der Waals surface area contributed by atoms with E-state index < -0.39 is 15.4 Å². The van der Waals surface area contributed by atoms with Gasteiger partial charge in [-0.05, 0) is 31.2 Å². The fraction of sp³-hybridized carbons (Fsp3) is 0.0625. The number of aromatic nitrogens is 4. The minimum Gasteiger partial charge on any atom is -0.267 e. The molecule has 2 aromatic carbocycles. The van der Waals surface area contributed by atoms with E-state index in [0.29, 0.717) is 10.9 Å². The number of nitrogens with one attached hydrogen (secondary N) is 1. The number of hydrogen-bond acceptors (Lipinski definition) is 5. The Morgan fingerprint density at radius 2 is 1.75 bits per heavy atom. The van der Waals surface area contributed by atoms with Crippen LogP contribution in [0.15, 0.2) is 63.2 Å². The molecular weight excluding hydrogens is 328 g/mol. The van der Waals surface area contributed by atoms with Gasteiger partial charge in [-0.15, -0.1) is 5.10 Å². The first-order valence-corrected chi connectivity index (χ1v) is 8.64. The molecule has 7 nitrogen and oxygen atoms in total. The summed E-state index contributed by atoms with van der Waals surface area (Å²) in [5.74, 6) is 0. The first-order chi connectivity index (χ1) is 11.5. The highest BCUT2D eigenvalue weighted by Gasteiger charge is 2.26. The molecule has 0 saturated carbocycles. The van der Waals surface area contributed by atoms with Gasteiger partial charge in [0.05, 0.1) is 15.8 Å². The van der Waals surface area contributed by atoms with Crippen LogP contribution in [0.5, 0.6) is 0 Å². The Hall–Kier alpha value is -3.00. The normalized spacial score (nSPS) is 12.0. The molecule has 120 valence electrons. The van der Waals surface area contributed by atoms with E-state index in [1.165, 1.54) is 16.6 Å². The fourth-order valence-corrected chi connectivity index (χ4v) is 3.83. The standard InChI is InChI=1S/C16H12N4O3S/c1-10-6-8-11(9-7-10)24(22,23)16-14-17-15(21)12-4-2-3-5-13(12)20(14)19-18-16/h2-9,19H,1H3. The molecule has 0 bridgehead atoms. The van der Waals surface area contributed by atoms with Crippen LogP contribution in [-0.4, -0.2) is 28.2 Å². The molecule has 0 spiro atoms. The van der Waals surface area contributed by atoms with Gasteiger partial charge in [0.1, 0.15) is 0 Å². The van der Waals surface area contributed by atoms with E-state index in [1.54, 1.807) is 36.4 Å². The van der Waals surface area contributed by atoms with Gasteiger partial charge in [-0.1, -0.05) is 29.8 Å². The van der Waals surface area contributed by atoms with Crippen molar-refractivity contribution in [3.05, 3.63) is 64.4 Å². The fourth-order valence-electron chi connectivity index (χ4n) is 2.57. The topological polar surface area (TPSA) is 97.2 Å². The van der Waals surface area contributed by atoms with Crippen LogP contribution in [0.1, 0.15) is 5.56 Å². The van der Waals surface area contributed by atoms with Crippen molar-refractivity contribution in [3.8, 4) is 0 Å². The van der Waals surface area contributed by atoms with E-state index in [0.717, 1.165) is 5.56 Å². The van der Waals surface area contributed by atoms with Gasteiger partial charge in [-0.25, -0.2) is 18.1 Å². The molecule has 0 aliphatic heterocycles. The molecule has 4 aromatic rings. The van der Waals surface area contributed by atoms with E-state index in [4.69, 9.17) is 0 Å². The lowest BCUT2D eigenvalue weighted by Gasteiger charge is -2.03. The molecule has 0 radical (unpaired) electrons. The Bertz CT molecular complexity index is 1240. The van der Waals surface area contributed by atoms with Gasteiger partial charge in [-0.3, -0.25) is 4.79 Å². The van der Waals surface area contributed by atoms with Gasteiger partial charge in [-0.2, -0.15) is 4.98 Å². The van der Waals surface area contributed by atoms with Gasteiger partial charge >= 0.3 is 0 Å². The molecule has 24 heavy (non-hydrogen) atoms. The molecule has 8 heteroatoms. The zero-order chi connectivity index (χ0) is 16.9. The summed E-state index contributed by atoms with van der Waals surface area (Å²) < 4.78 is 27.1. The first-order valence-electron chi connectivity index (χ1n) is 7.16. The van der Waals surface area contributed by atoms with Crippen LogP contribution >= 0.6 is 0 Å². The predicted octanol–water partition coefficient (Wildman–Crippen LogP) is 1.71. The van der Waals surface area contributed by atoms with Crippen molar-refractivity contribution < 1.29 is 8.42 Å². The number of hydrogen-bond donors (Lipinski definition) is 1. The third-order valence-corrected chi connectivity index (χ3v) is 5.50. The van der Waals surface area contributed by atoms with Gasteiger partial charge in [0.15, 0.2) is 5.65 Å². The molecule has 0 unspecified atom stereocenters. The third kappa shape index (κ3) is 2.04. The summed E-state index contributed by atoms with van der Waals surface area (Å²) >= 11 is 0. The number of H-pyrrole nitrogens is 1. The summed E-state index contributed by atoms with van der Waals surface area (Å²) in [6.07, 6.45) is 0. The molecular formula is C16H12N4O3S. The van der Waals surface area contributed by atoms with Crippen molar-refractivity contribution in [2.24, 2.45) is 0 Å². The zero-order valence-electron chi connectivity index (χ0n) is 12.6. The lowest BCUT2D eigenvalue weighted by atomic mass is 10.2. The van der Waals surface area contributed by atoms with Crippen LogP contribution in [0.2, 0.25) is 0 Å². The quantitative estimate of drug-likeness (QED) is 0.599. The Kier molecular flexibility index (Phi) is 3.04. The lowest BCUT2D eigenvalue weighted by Crippen LogP contribution is -2.12. The second kappa shape index (κ2) is 5.00. The summed E-state index contributed by atoms with van der Waals surface area (Å²) in [6, 6.07) is 13.2. The van der Waals surface area contributed by atoms with E-state index in [1.807, 2.05) is 6.92 Å². The van der Waals surface area contributed by atoms with Gasteiger partial charge in [0.2, 0.25) is 14.9 Å². The Morgan fingerprint density at radius 3 is 2.50 bits per heavy atom. The average molecular weight is 340 g/mol. The minimum atomic E-state index is -3.89. The molecule has 0 atom stereocenters. The zero-order valence-corrected chi connectivity index (χ0v) is 13.4. The van der Waals surface area contributed by atoms with Gasteiger partial charge < -0.3 is 0 Å². The number of nitrogens with zero attached hydrogens (tertiary/aromatic N) is 3. The number of para-hydroxylation sites is 1. The maximum Gasteiger partial charge on any atom is 0.281 e. The van der Waals surface area contributed by atoms with Gasteiger partial charge in [0, 0.05) is 0 Å². The van der Waals surface area contributed by atoms with Crippen molar-refractivity contribution in [1.82, 2.24) is 19.8 Å². The Labute approximate surface area is 136 Å². The molecule has 2 heterocycles. The number of aryl methyl sites for hydroxylation is 1. The molecule has 4 rings (SSSR count). The van der Waals surface area contributed by atoms with E-state index >= 15 is 0 Å². The van der Waals surface area contributed by atoms with Crippen molar-refractivity contribution in [3.63, 3.8) is 0 Å². The summed E-state index contributed by atoms with van der Waals surface area (Å²) in [6.45, 7) is 1.87. The van der Waals surface area contributed by atoms with Gasteiger partial charge in [0.25, 0.3) is 5.56 Å². The second-order valence-electron chi connectivity index (χ2n) is 5.43. The molecule has 0 aliphatic rings. The highest BCUT2D eigenvalue weighted by molar-refractivity contribution is 7.91. The Balaban J connectivity index is 2.05. The molecule has 0 aliphatic carbocycles. The van der Waals surface area contributed by atoms with Crippen molar-refractivity contribution in [2.75, 3.05) is 0 Å². The van der Waals surface area contributed by atoms with Crippen molar-refractivity contribution in [2.45, 2.75) is 16.8 Å². The second-order valence-corrected chi connectivity index (χ2v) is 7.29. The van der Waals surface area contributed by atoms with Crippen LogP contribution < -0.4 is 5.56 Å². The summed E-state index contributed by atoms with van der Waals surface area (Å²) in [5.41, 5.74) is 0.957. The predicted molar refractivity (Wildman–Crippen MR) is 87.7 cm³/mol. The highest BCUT2D eigenvalue weighted by atomic mass is 32.2. The number of rotatable bonds is 2. The summed E-state index contributed by atoms with van der Waals surface area (Å²) in [7, 11) is -3.89. The molecule has 1 N–H and O–H groups in total. The Morgan fingerprint density at radius 1 is 1.04 bits per heavy atom. The molecule has 0 amide bonds. The summed E-state index contributed by atoms with van der Waals surface area (Å²) in [4.78, 5) is 16.2. The maximum atomic E-state index is 12.8. The van der Waals surface area contributed by atoms with E-state index in [-0.39, 0.29) is 15.6 Å². The monoisotopic (exact) mass is 340 g/mol. The van der Waals surface area contributed by atoms with E-state index in [9.17, 15) is 13.2 Å². The minimum absolute atomic E-state index is 0.0146. The van der Waals surface area contributed by atoms with Crippen molar-refractivity contribution >= 4 is 26.4 Å². The van der Waals surface area contributed by atoms with Crippen molar-refractivity contribution in [1.29, 1.82) is 0 Å². The highest BCUT2D eigenvalue weighted by Crippen LogP contribution is 2.23. The van der Waals surface area contributed by atoms with Crippen LogP contribution in [0.25, 0.3) is 16.6 Å². The van der Waals surface area contributed by atoms with Crippen LogP contribution in [0.3, 0.4) is 0 Å². The molecule has 0 fully saturated rings. The average Bonchev–Trinajstić information content (AvgIpc) is 3.00. The number of benzene rings is 2. The lowest BCUT2D eigenvalue weighted by molar-refractivity contribution is 0.592. The van der Waals surface area contributed by atoms with Crippen LogP contribution in [0.4, 0.5) is 0 Å². The van der Waals surface area contributed by atoms with Crippen LogP contribution in [0, 0.1) is 6.92 Å². The summed E-state index contributed by atoms with van der Waals surface area (Å²) in [5, 5.41) is 6.66. The third-order valence-electron chi connectivity index (χ3n) is 3.82. The molecule has 0 saturated heterocycles. The number of sulfone groups is 1. The number of fused-ring (bicyclic) bond motifs is 3. The van der Waals surface area contributed by atoms with Crippen LogP contribution in [-0.2, 0) is 9.84 Å².